The van der Waals surface area contributed by atoms with Crippen molar-refractivity contribution in [1.82, 2.24) is 10.2 Å². The molecule has 0 bridgehead atoms. The van der Waals surface area contributed by atoms with Crippen LogP contribution in [-0.2, 0) is 6.54 Å². The molecule has 2 aromatic carbocycles. The Bertz CT molecular complexity index is 719. The minimum atomic E-state index is -0.295. The van der Waals surface area contributed by atoms with E-state index in [9.17, 15) is 9.18 Å². The molecule has 1 N–H and O–H groups in total. The standard InChI is InChI=1S/C19H23FN2O3/c1-13(15-6-8-16(20)9-7-15)22(2)19(23)21-12-14-5-10-17(24-3)18(11-14)25-4/h5-11,13H,12H2,1-4H3,(H,21,23)/t13-/m1/s1. The summed E-state index contributed by atoms with van der Waals surface area (Å²) in [5.74, 6) is 0.957. The fraction of sp³-hybridized carbons (Fsp3) is 0.316. The summed E-state index contributed by atoms with van der Waals surface area (Å²) in [6.45, 7) is 2.25. The fourth-order valence-electron chi connectivity index (χ4n) is 2.43. The lowest BCUT2D eigenvalue weighted by molar-refractivity contribution is 0.194. The second-order valence-corrected chi connectivity index (χ2v) is 5.69. The molecule has 2 aromatic rings. The molecule has 0 aliphatic rings. The maximum atomic E-state index is 13.0. The maximum Gasteiger partial charge on any atom is 0.317 e. The van der Waals surface area contributed by atoms with Gasteiger partial charge < -0.3 is 19.7 Å². The number of hydrogen-bond acceptors (Lipinski definition) is 3. The van der Waals surface area contributed by atoms with Gasteiger partial charge in [-0.1, -0.05) is 18.2 Å². The molecule has 2 rings (SSSR count). The molecule has 6 heteroatoms. The van der Waals surface area contributed by atoms with Gasteiger partial charge >= 0.3 is 6.03 Å². The molecular weight excluding hydrogens is 323 g/mol. The lowest BCUT2D eigenvalue weighted by Gasteiger charge is -2.25. The molecule has 25 heavy (non-hydrogen) atoms. The van der Waals surface area contributed by atoms with E-state index < -0.39 is 0 Å². The summed E-state index contributed by atoms with van der Waals surface area (Å²) in [6, 6.07) is 11.2. The number of nitrogens with zero attached hydrogens (tertiary/aromatic N) is 1. The first-order valence-corrected chi connectivity index (χ1v) is 7.93. The van der Waals surface area contributed by atoms with Crippen LogP contribution in [0.4, 0.5) is 9.18 Å². The SMILES string of the molecule is COc1ccc(CNC(=O)N(C)[C@H](C)c2ccc(F)cc2)cc1OC. The van der Waals surface area contributed by atoms with Gasteiger partial charge in [0.15, 0.2) is 11.5 Å². The van der Waals surface area contributed by atoms with Crippen molar-refractivity contribution in [2.24, 2.45) is 0 Å². The van der Waals surface area contributed by atoms with Gasteiger partial charge in [0.25, 0.3) is 0 Å². The molecule has 1 atom stereocenters. The highest BCUT2D eigenvalue weighted by Gasteiger charge is 2.17. The summed E-state index contributed by atoms with van der Waals surface area (Å²) in [4.78, 5) is 13.9. The third-order valence-corrected chi connectivity index (χ3v) is 4.15. The third-order valence-electron chi connectivity index (χ3n) is 4.15. The third kappa shape index (κ3) is 4.62. The number of halogens is 1. The Labute approximate surface area is 147 Å². The van der Waals surface area contributed by atoms with Gasteiger partial charge in [0.1, 0.15) is 5.82 Å². The highest BCUT2D eigenvalue weighted by molar-refractivity contribution is 5.74. The fourth-order valence-corrected chi connectivity index (χ4v) is 2.43. The van der Waals surface area contributed by atoms with Crippen LogP contribution in [0, 0.1) is 5.82 Å². The van der Waals surface area contributed by atoms with E-state index in [4.69, 9.17) is 9.47 Å². The van der Waals surface area contributed by atoms with Gasteiger partial charge in [0.05, 0.1) is 20.3 Å². The van der Waals surface area contributed by atoms with Crippen LogP contribution in [0.2, 0.25) is 0 Å². The molecule has 2 amide bonds. The molecular formula is C19H23FN2O3. The highest BCUT2D eigenvalue weighted by atomic mass is 19.1. The number of benzene rings is 2. The zero-order valence-corrected chi connectivity index (χ0v) is 14.9. The Morgan fingerprint density at radius 2 is 1.76 bits per heavy atom. The largest absolute Gasteiger partial charge is 0.493 e. The first kappa shape index (κ1) is 18.6. The zero-order chi connectivity index (χ0) is 18.4. The predicted molar refractivity (Wildman–Crippen MR) is 94.4 cm³/mol. The molecule has 0 heterocycles. The number of carbonyl (C=O) groups excluding carboxylic acids is 1. The molecule has 0 radical (unpaired) electrons. The van der Waals surface area contributed by atoms with E-state index in [2.05, 4.69) is 5.32 Å². The van der Waals surface area contributed by atoms with Gasteiger partial charge in [-0.25, -0.2) is 9.18 Å². The van der Waals surface area contributed by atoms with E-state index in [1.165, 1.54) is 12.1 Å². The van der Waals surface area contributed by atoms with Crippen molar-refractivity contribution in [3.8, 4) is 11.5 Å². The van der Waals surface area contributed by atoms with Crippen LogP contribution >= 0.6 is 0 Å². The van der Waals surface area contributed by atoms with Crippen molar-refractivity contribution < 1.29 is 18.7 Å². The van der Waals surface area contributed by atoms with E-state index in [-0.39, 0.29) is 17.9 Å². The van der Waals surface area contributed by atoms with E-state index in [1.54, 1.807) is 44.4 Å². The van der Waals surface area contributed by atoms with Crippen LogP contribution in [0.15, 0.2) is 42.5 Å². The van der Waals surface area contributed by atoms with Gasteiger partial charge in [-0.15, -0.1) is 0 Å². The van der Waals surface area contributed by atoms with Crippen molar-refractivity contribution in [3.05, 3.63) is 59.4 Å². The number of urea groups is 1. The Hall–Kier alpha value is -2.76. The summed E-state index contributed by atoms with van der Waals surface area (Å²) in [5.41, 5.74) is 1.76. The molecule has 0 aromatic heterocycles. The van der Waals surface area contributed by atoms with Crippen LogP contribution in [0.5, 0.6) is 11.5 Å². The van der Waals surface area contributed by atoms with Gasteiger partial charge in [-0.05, 0) is 42.3 Å². The lowest BCUT2D eigenvalue weighted by Crippen LogP contribution is -2.38. The number of carbonyl (C=O) groups is 1. The van der Waals surface area contributed by atoms with E-state index in [0.717, 1.165) is 11.1 Å². The maximum absolute atomic E-state index is 13.0. The molecule has 5 nitrogen and oxygen atoms in total. The predicted octanol–water partition coefficient (Wildman–Crippen LogP) is 3.75. The number of amides is 2. The molecule has 0 aliphatic carbocycles. The monoisotopic (exact) mass is 346 g/mol. The highest BCUT2D eigenvalue weighted by Crippen LogP contribution is 2.27. The molecule has 0 saturated carbocycles. The Kier molecular flexibility index (Phi) is 6.22. The van der Waals surface area contributed by atoms with Gasteiger partial charge in [0, 0.05) is 13.6 Å². The second-order valence-electron chi connectivity index (χ2n) is 5.69. The molecule has 0 saturated heterocycles. The zero-order valence-electron chi connectivity index (χ0n) is 14.9. The molecule has 0 spiro atoms. The van der Waals surface area contributed by atoms with E-state index in [0.29, 0.717) is 18.0 Å². The summed E-state index contributed by atoms with van der Waals surface area (Å²) >= 11 is 0. The van der Waals surface area contributed by atoms with E-state index >= 15 is 0 Å². The van der Waals surface area contributed by atoms with Crippen molar-refractivity contribution in [1.29, 1.82) is 0 Å². The van der Waals surface area contributed by atoms with Crippen LogP contribution in [0.1, 0.15) is 24.1 Å². The number of ether oxygens (including phenoxy) is 2. The lowest BCUT2D eigenvalue weighted by atomic mass is 10.1. The smallest absolute Gasteiger partial charge is 0.317 e. The van der Waals surface area contributed by atoms with Crippen molar-refractivity contribution >= 4 is 6.03 Å². The quantitative estimate of drug-likeness (QED) is 0.867. The second kappa shape index (κ2) is 8.37. The topological polar surface area (TPSA) is 50.8 Å². The molecule has 0 aliphatic heterocycles. The van der Waals surface area contributed by atoms with Gasteiger partial charge in [-0.2, -0.15) is 0 Å². The summed E-state index contributed by atoms with van der Waals surface area (Å²) in [7, 11) is 4.85. The van der Waals surface area contributed by atoms with Crippen molar-refractivity contribution in [2.45, 2.75) is 19.5 Å². The molecule has 134 valence electrons. The number of rotatable bonds is 6. The minimum Gasteiger partial charge on any atom is -0.493 e. The van der Waals surface area contributed by atoms with Crippen molar-refractivity contribution in [3.63, 3.8) is 0 Å². The average Bonchev–Trinajstić information content (AvgIpc) is 2.65. The van der Waals surface area contributed by atoms with Crippen LogP contribution in [-0.4, -0.2) is 32.2 Å². The van der Waals surface area contributed by atoms with Crippen LogP contribution in [0.25, 0.3) is 0 Å². The molecule has 0 unspecified atom stereocenters. The number of nitrogens with one attached hydrogen (secondary N) is 1. The van der Waals surface area contributed by atoms with Crippen LogP contribution in [0.3, 0.4) is 0 Å². The summed E-state index contributed by atoms with van der Waals surface area (Å²) < 4.78 is 23.5. The van der Waals surface area contributed by atoms with Crippen LogP contribution < -0.4 is 14.8 Å². The Balaban J connectivity index is 1.98. The summed E-state index contributed by atoms with van der Waals surface area (Å²) in [6.07, 6.45) is 0. The Morgan fingerprint density at radius 3 is 2.36 bits per heavy atom. The Morgan fingerprint density at radius 1 is 1.12 bits per heavy atom. The van der Waals surface area contributed by atoms with Gasteiger partial charge in [0.2, 0.25) is 0 Å². The normalized spacial score (nSPS) is 11.6. The minimum absolute atomic E-state index is 0.175. The van der Waals surface area contributed by atoms with Gasteiger partial charge in [-0.3, -0.25) is 0 Å². The average molecular weight is 346 g/mol. The first-order chi connectivity index (χ1) is 12.0. The molecule has 0 fully saturated rings. The van der Waals surface area contributed by atoms with Crippen molar-refractivity contribution in [2.75, 3.05) is 21.3 Å². The summed E-state index contributed by atoms with van der Waals surface area (Å²) in [5, 5.41) is 2.87. The number of methoxy groups -OCH3 is 2. The number of hydrogen-bond donors (Lipinski definition) is 1. The first-order valence-electron chi connectivity index (χ1n) is 7.93. The van der Waals surface area contributed by atoms with E-state index in [1.807, 2.05) is 19.1 Å².